The molecule has 0 unspecified atom stereocenters. The van der Waals surface area contributed by atoms with Crippen LogP contribution < -0.4 is 14.8 Å². The highest BCUT2D eigenvalue weighted by atomic mass is 32.2. The molecule has 0 radical (unpaired) electrons. The second kappa shape index (κ2) is 11.1. The van der Waals surface area contributed by atoms with Crippen LogP contribution >= 0.6 is 0 Å². The van der Waals surface area contributed by atoms with Gasteiger partial charge >= 0.3 is 0 Å². The van der Waals surface area contributed by atoms with E-state index in [1.54, 1.807) is 20.1 Å². The molecule has 11 nitrogen and oxygen atoms in total. The molecule has 0 aliphatic heterocycles. The van der Waals surface area contributed by atoms with Gasteiger partial charge in [-0.1, -0.05) is 12.1 Å². The standard InChI is InChI=1S/C24H31N7O4S/c1-4-36(33,34)29-20-9-8-18(11-20)15-31-28-23(27-30-31)19-10-16(2)26-22(13-19)24(32)25-14-17-6-5-7-21(12-17)35-3/h5-7,10,12-13,18,20,29H,4,8-9,11,14-15H2,1-3H3,(H,25,32)/t18-,20+/m0/s1. The predicted molar refractivity (Wildman–Crippen MR) is 134 cm³/mol. The van der Waals surface area contributed by atoms with Crippen LogP contribution in [0.3, 0.4) is 0 Å². The molecule has 0 bridgehead atoms. The highest BCUT2D eigenvalue weighted by Crippen LogP contribution is 2.27. The molecule has 192 valence electrons. The first kappa shape index (κ1) is 25.7. The van der Waals surface area contributed by atoms with Crippen LogP contribution in [0.2, 0.25) is 0 Å². The second-order valence-electron chi connectivity index (χ2n) is 8.98. The zero-order chi connectivity index (χ0) is 25.7. The van der Waals surface area contributed by atoms with E-state index >= 15 is 0 Å². The van der Waals surface area contributed by atoms with E-state index in [9.17, 15) is 13.2 Å². The van der Waals surface area contributed by atoms with Crippen molar-refractivity contribution in [1.82, 2.24) is 35.2 Å². The molecular weight excluding hydrogens is 482 g/mol. The quantitative estimate of drug-likeness (QED) is 0.420. The van der Waals surface area contributed by atoms with Gasteiger partial charge in [0.15, 0.2) is 0 Å². The van der Waals surface area contributed by atoms with Gasteiger partial charge in [0.25, 0.3) is 5.91 Å². The summed E-state index contributed by atoms with van der Waals surface area (Å²) in [6.45, 7) is 4.33. The smallest absolute Gasteiger partial charge is 0.270 e. The van der Waals surface area contributed by atoms with Crippen LogP contribution in [-0.4, -0.2) is 58.4 Å². The molecule has 4 rings (SSSR count). The Labute approximate surface area is 210 Å². The van der Waals surface area contributed by atoms with Crippen LogP contribution in [0.25, 0.3) is 11.4 Å². The molecule has 1 aliphatic carbocycles. The van der Waals surface area contributed by atoms with Crippen molar-refractivity contribution >= 4 is 15.9 Å². The van der Waals surface area contributed by atoms with Crippen molar-refractivity contribution in [2.24, 2.45) is 5.92 Å². The van der Waals surface area contributed by atoms with Crippen molar-refractivity contribution in [1.29, 1.82) is 0 Å². The third kappa shape index (κ3) is 6.64. The van der Waals surface area contributed by atoms with Crippen LogP contribution in [0.15, 0.2) is 36.4 Å². The predicted octanol–water partition coefficient (Wildman–Crippen LogP) is 2.09. The van der Waals surface area contributed by atoms with Gasteiger partial charge in [0, 0.05) is 23.8 Å². The summed E-state index contributed by atoms with van der Waals surface area (Å²) in [5.74, 6) is 1.16. The number of pyridine rings is 1. The number of amides is 1. The number of aromatic nitrogens is 5. The van der Waals surface area contributed by atoms with Crippen LogP contribution in [-0.2, 0) is 23.1 Å². The summed E-state index contributed by atoms with van der Waals surface area (Å²) in [6.07, 6.45) is 2.42. The number of carbonyl (C=O) groups excluding carboxylic acids is 1. The number of aryl methyl sites for hydroxylation is 1. The minimum absolute atomic E-state index is 0.0520. The molecule has 0 saturated heterocycles. The summed E-state index contributed by atoms with van der Waals surface area (Å²) < 4.78 is 31.6. The number of rotatable bonds is 10. The molecule has 2 heterocycles. The van der Waals surface area contributed by atoms with E-state index in [1.807, 2.05) is 37.3 Å². The number of hydrogen-bond acceptors (Lipinski definition) is 8. The molecule has 2 N–H and O–H groups in total. The van der Waals surface area contributed by atoms with Gasteiger partial charge < -0.3 is 10.1 Å². The maximum absolute atomic E-state index is 12.8. The van der Waals surface area contributed by atoms with Crippen molar-refractivity contribution < 1.29 is 17.9 Å². The summed E-state index contributed by atoms with van der Waals surface area (Å²) in [7, 11) is -1.62. The lowest BCUT2D eigenvalue weighted by molar-refractivity contribution is 0.0945. The molecule has 12 heteroatoms. The molecule has 1 fully saturated rings. The first-order valence-corrected chi connectivity index (χ1v) is 13.6. The van der Waals surface area contributed by atoms with Gasteiger partial charge in [-0.3, -0.25) is 4.79 Å². The molecule has 2 aromatic heterocycles. The van der Waals surface area contributed by atoms with Crippen molar-refractivity contribution in [3.05, 3.63) is 53.3 Å². The number of nitrogens with one attached hydrogen (secondary N) is 2. The topological polar surface area (TPSA) is 141 Å². The summed E-state index contributed by atoms with van der Waals surface area (Å²) >= 11 is 0. The molecular formula is C24H31N7O4S. The average molecular weight is 514 g/mol. The van der Waals surface area contributed by atoms with Crippen molar-refractivity contribution in [2.45, 2.75) is 52.2 Å². The van der Waals surface area contributed by atoms with Crippen molar-refractivity contribution in [3.8, 4) is 17.1 Å². The fourth-order valence-corrected chi connectivity index (χ4v) is 5.21. The van der Waals surface area contributed by atoms with Gasteiger partial charge in [-0.15, -0.1) is 10.2 Å². The van der Waals surface area contributed by atoms with Crippen molar-refractivity contribution in [2.75, 3.05) is 12.9 Å². The van der Waals surface area contributed by atoms with Crippen LogP contribution in [0.5, 0.6) is 5.75 Å². The van der Waals surface area contributed by atoms with Crippen LogP contribution in [0.1, 0.15) is 47.9 Å². The van der Waals surface area contributed by atoms with Gasteiger partial charge in [0.1, 0.15) is 11.4 Å². The SMILES string of the molecule is CCS(=O)(=O)N[C@@H]1CC[C@H](Cn2nnc(-c3cc(C)nc(C(=O)NCc4cccc(OC)c4)c3)n2)C1. The highest BCUT2D eigenvalue weighted by molar-refractivity contribution is 7.89. The lowest BCUT2D eigenvalue weighted by atomic mass is 10.1. The Morgan fingerprint density at radius 2 is 2.06 bits per heavy atom. The van der Waals surface area contributed by atoms with E-state index < -0.39 is 10.0 Å². The average Bonchev–Trinajstić information content (AvgIpc) is 3.51. The highest BCUT2D eigenvalue weighted by Gasteiger charge is 2.28. The summed E-state index contributed by atoms with van der Waals surface area (Å²) in [4.78, 5) is 18.7. The zero-order valence-corrected chi connectivity index (χ0v) is 21.5. The molecule has 1 aliphatic rings. The Morgan fingerprint density at radius 1 is 1.22 bits per heavy atom. The Hall–Kier alpha value is -3.38. The molecule has 1 amide bonds. The maximum atomic E-state index is 12.8. The third-order valence-electron chi connectivity index (χ3n) is 6.17. The number of ether oxygens (including phenoxy) is 1. The van der Waals surface area contributed by atoms with E-state index in [0.29, 0.717) is 30.2 Å². The number of sulfonamides is 1. The first-order chi connectivity index (χ1) is 17.2. The number of nitrogens with zero attached hydrogens (tertiary/aromatic N) is 5. The Morgan fingerprint density at radius 3 is 2.83 bits per heavy atom. The van der Waals surface area contributed by atoms with Gasteiger partial charge in [-0.25, -0.2) is 18.1 Å². The maximum Gasteiger partial charge on any atom is 0.270 e. The number of hydrogen-bond donors (Lipinski definition) is 2. The van der Waals surface area contributed by atoms with Crippen molar-refractivity contribution in [3.63, 3.8) is 0 Å². The molecule has 1 aromatic carbocycles. The zero-order valence-electron chi connectivity index (χ0n) is 20.6. The third-order valence-corrected chi connectivity index (χ3v) is 7.63. The lowest BCUT2D eigenvalue weighted by Crippen LogP contribution is -2.34. The van der Waals surface area contributed by atoms with Gasteiger partial charge in [-0.05, 0) is 74.1 Å². The lowest BCUT2D eigenvalue weighted by Gasteiger charge is -2.12. The van der Waals surface area contributed by atoms with E-state index in [4.69, 9.17) is 4.74 Å². The summed E-state index contributed by atoms with van der Waals surface area (Å²) in [6, 6.07) is 10.9. The van der Waals surface area contributed by atoms with Crippen LogP contribution in [0, 0.1) is 12.8 Å². The second-order valence-corrected chi connectivity index (χ2v) is 11.0. The minimum atomic E-state index is -3.21. The fourth-order valence-electron chi connectivity index (χ4n) is 4.32. The molecule has 1 saturated carbocycles. The minimum Gasteiger partial charge on any atom is -0.497 e. The number of tetrazole rings is 1. The normalized spacial score (nSPS) is 17.8. The van der Waals surface area contributed by atoms with Gasteiger partial charge in [0.2, 0.25) is 15.8 Å². The number of methoxy groups -OCH3 is 1. The summed E-state index contributed by atoms with van der Waals surface area (Å²) in [5, 5.41) is 15.7. The monoisotopic (exact) mass is 513 g/mol. The largest absolute Gasteiger partial charge is 0.497 e. The van der Waals surface area contributed by atoms with Gasteiger partial charge in [0.05, 0.1) is 19.4 Å². The molecule has 3 aromatic rings. The fraction of sp³-hybridized carbons (Fsp3) is 0.458. The molecule has 0 spiro atoms. The number of benzene rings is 1. The Balaban J connectivity index is 1.39. The first-order valence-electron chi connectivity index (χ1n) is 11.9. The molecule has 2 atom stereocenters. The van der Waals surface area contributed by atoms with E-state index in [0.717, 1.165) is 30.6 Å². The van der Waals surface area contributed by atoms with E-state index in [-0.39, 0.29) is 29.3 Å². The summed E-state index contributed by atoms with van der Waals surface area (Å²) in [5.41, 5.74) is 2.50. The van der Waals surface area contributed by atoms with Gasteiger partial charge in [-0.2, -0.15) is 4.80 Å². The van der Waals surface area contributed by atoms with E-state index in [1.165, 1.54) is 4.80 Å². The Bertz CT molecular complexity index is 1330. The van der Waals surface area contributed by atoms with E-state index in [2.05, 4.69) is 30.4 Å². The Kier molecular flexibility index (Phi) is 7.94. The molecule has 36 heavy (non-hydrogen) atoms. The number of carbonyl (C=O) groups is 1. The van der Waals surface area contributed by atoms with Crippen LogP contribution in [0.4, 0.5) is 0 Å².